The first-order valence-electron chi connectivity index (χ1n) is 7.59. The van der Waals surface area contributed by atoms with Gasteiger partial charge in [-0.15, -0.1) is 0 Å². The Morgan fingerprint density at radius 1 is 1.38 bits per heavy atom. The summed E-state index contributed by atoms with van der Waals surface area (Å²) in [5, 5.41) is 0. The number of para-hydroxylation sites is 1. The Morgan fingerprint density at radius 2 is 2.14 bits per heavy atom. The van der Waals surface area contributed by atoms with Crippen LogP contribution in [-0.4, -0.2) is 35.8 Å². The normalized spacial score (nSPS) is 24.1. The van der Waals surface area contributed by atoms with Gasteiger partial charge in [-0.2, -0.15) is 0 Å². The highest BCUT2D eigenvalue weighted by atomic mass is 16.6. The molecule has 1 saturated heterocycles. The van der Waals surface area contributed by atoms with Gasteiger partial charge in [0.15, 0.2) is 0 Å². The molecule has 1 aromatic carbocycles. The molecular weight excluding hydrogens is 266 g/mol. The number of carbonyl (C=O) groups is 1. The number of hydrogen-bond acceptors (Lipinski definition) is 3. The summed E-state index contributed by atoms with van der Waals surface area (Å²) in [6.07, 6.45) is 0.750. The molecule has 2 atom stereocenters. The molecule has 21 heavy (non-hydrogen) atoms. The Balaban J connectivity index is 1.72. The van der Waals surface area contributed by atoms with Crippen LogP contribution in [0.15, 0.2) is 18.2 Å². The maximum Gasteiger partial charge on any atom is 0.410 e. The van der Waals surface area contributed by atoms with Crippen molar-refractivity contribution in [2.45, 2.75) is 51.7 Å². The molecule has 3 rings (SSSR count). The third-order valence-electron chi connectivity index (χ3n) is 4.12. The van der Waals surface area contributed by atoms with Crippen LogP contribution in [0.4, 0.5) is 4.79 Å². The summed E-state index contributed by atoms with van der Waals surface area (Å²) in [5.41, 5.74) is 2.01. The third-order valence-corrected chi connectivity index (χ3v) is 4.12. The van der Waals surface area contributed by atoms with E-state index in [0.717, 1.165) is 18.7 Å². The number of fused-ring (bicyclic) bond motifs is 3. The van der Waals surface area contributed by atoms with Gasteiger partial charge in [0.05, 0.1) is 6.54 Å². The molecule has 2 heterocycles. The fraction of sp³-hybridized carbons (Fsp3) is 0.588. The van der Waals surface area contributed by atoms with E-state index in [1.165, 1.54) is 11.1 Å². The Bertz CT molecular complexity index is 562. The average Bonchev–Trinajstić information content (AvgIpc) is 2.76. The van der Waals surface area contributed by atoms with Crippen LogP contribution in [0.2, 0.25) is 0 Å². The second-order valence-electron chi connectivity index (χ2n) is 6.97. The predicted octanol–water partition coefficient (Wildman–Crippen LogP) is 3.48. The summed E-state index contributed by atoms with van der Waals surface area (Å²) in [6.45, 7) is 9.08. The molecule has 1 amide bonds. The van der Waals surface area contributed by atoms with Gasteiger partial charge in [-0.1, -0.05) is 18.2 Å². The van der Waals surface area contributed by atoms with Crippen LogP contribution >= 0.6 is 0 Å². The van der Waals surface area contributed by atoms with Gasteiger partial charge >= 0.3 is 6.09 Å². The van der Waals surface area contributed by atoms with Crippen LogP contribution in [0.5, 0.6) is 5.75 Å². The van der Waals surface area contributed by atoms with E-state index in [2.05, 4.69) is 25.1 Å². The summed E-state index contributed by atoms with van der Waals surface area (Å²) < 4.78 is 11.6. The molecule has 0 spiro atoms. The number of likely N-dealkylation sites (tertiary alicyclic amines) is 1. The van der Waals surface area contributed by atoms with Crippen molar-refractivity contribution in [1.82, 2.24) is 4.90 Å². The van der Waals surface area contributed by atoms with Crippen LogP contribution in [0.1, 0.15) is 44.2 Å². The van der Waals surface area contributed by atoms with E-state index in [1.807, 2.05) is 20.8 Å². The minimum atomic E-state index is -0.454. The number of benzene rings is 1. The van der Waals surface area contributed by atoms with Crippen molar-refractivity contribution < 1.29 is 14.3 Å². The van der Waals surface area contributed by atoms with Crippen molar-refractivity contribution in [3.05, 3.63) is 29.3 Å². The standard InChI is InChI=1S/C17H23NO3/c1-11-6-5-7-13-12-8-9-18(10-14(12)20-15(11)13)16(19)21-17(2,3)4/h5-7,12,14H,8-10H2,1-4H3. The molecule has 4 heteroatoms. The van der Waals surface area contributed by atoms with E-state index in [1.54, 1.807) is 4.90 Å². The van der Waals surface area contributed by atoms with Gasteiger partial charge in [0, 0.05) is 18.0 Å². The molecule has 1 aromatic rings. The van der Waals surface area contributed by atoms with Crippen LogP contribution in [0.25, 0.3) is 0 Å². The second-order valence-corrected chi connectivity index (χ2v) is 6.97. The van der Waals surface area contributed by atoms with Crippen LogP contribution in [0.3, 0.4) is 0 Å². The van der Waals surface area contributed by atoms with E-state index in [4.69, 9.17) is 9.47 Å². The lowest BCUT2D eigenvalue weighted by molar-refractivity contribution is 0.00786. The first-order valence-corrected chi connectivity index (χ1v) is 7.59. The molecule has 0 bridgehead atoms. The third kappa shape index (κ3) is 2.71. The molecule has 2 unspecified atom stereocenters. The van der Waals surface area contributed by atoms with Crippen molar-refractivity contribution in [2.75, 3.05) is 13.1 Å². The zero-order valence-corrected chi connectivity index (χ0v) is 13.2. The Morgan fingerprint density at radius 3 is 2.86 bits per heavy atom. The van der Waals surface area contributed by atoms with E-state index in [9.17, 15) is 4.79 Å². The van der Waals surface area contributed by atoms with Gasteiger partial charge in [0.1, 0.15) is 17.5 Å². The minimum Gasteiger partial charge on any atom is -0.487 e. The summed E-state index contributed by atoms with van der Waals surface area (Å²) in [6, 6.07) is 6.30. The number of rotatable bonds is 0. The molecule has 2 aliphatic heterocycles. The number of nitrogens with zero attached hydrogens (tertiary/aromatic N) is 1. The topological polar surface area (TPSA) is 38.8 Å². The van der Waals surface area contributed by atoms with Crippen molar-refractivity contribution >= 4 is 6.09 Å². The van der Waals surface area contributed by atoms with Gasteiger partial charge in [0.2, 0.25) is 0 Å². The monoisotopic (exact) mass is 289 g/mol. The lowest BCUT2D eigenvalue weighted by Gasteiger charge is -2.35. The van der Waals surface area contributed by atoms with E-state index in [0.29, 0.717) is 12.5 Å². The predicted molar refractivity (Wildman–Crippen MR) is 80.8 cm³/mol. The second kappa shape index (κ2) is 4.93. The van der Waals surface area contributed by atoms with Gasteiger partial charge < -0.3 is 14.4 Å². The largest absolute Gasteiger partial charge is 0.487 e. The molecule has 0 saturated carbocycles. The van der Waals surface area contributed by atoms with Crippen LogP contribution in [0, 0.1) is 6.92 Å². The number of amides is 1. The quantitative estimate of drug-likeness (QED) is 0.734. The minimum absolute atomic E-state index is 0.0577. The molecule has 114 valence electrons. The Labute approximate surface area is 126 Å². The fourth-order valence-corrected chi connectivity index (χ4v) is 3.16. The van der Waals surface area contributed by atoms with Crippen molar-refractivity contribution in [3.8, 4) is 5.75 Å². The van der Waals surface area contributed by atoms with Crippen LogP contribution < -0.4 is 4.74 Å². The van der Waals surface area contributed by atoms with Crippen molar-refractivity contribution in [3.63, 3.8) is 0 Å². The van der Waals surface area contributed by atoms with Gasteiger partial charge in [-0.05, 0) is 39.7 Å². The summed E-state index contributed by atoms with van der Waals surface area (Å²) in [4.78, 5) is 14.0. The zero-order valence-electron chi connectivity index (χ0n) is 13.2. The van der Waals surface area contributed by atoms with E-state index >= 15 is 0 Å². The number of hydrogen-bond donors (Lipinski definition) is 0. The smallest absolute Gasteiger partial charge is 0.410 e. The molecule has 4 nitrogen and oxygen atoms in total. The van der Waals surface area contributed by atoms with E-state index < -0.39 is 5.60 Å². The average molecular weight is 289 g/mol. The highest BCUT2D eigenvalue weighted by Gasteiger charge is 2.41. The van der Waals surface area contributed by atoms with Gasteiger partial charge in [-0.3, -0.25) is 0 Å². The lowest BCUT2D eigenvalue weighted by Crippen LogP contribution is -2.47. The highest BCUT2D eigenvalue weighted by Crippen LogP contribution is 2.44. The number of carbonyl (C=O) groups excluding carboxylic acids is 1. The van der Waals surface area contributed by atoms with Crippen LogP contribution in [-0.2, 0) is 4.74 Å². The maximum atomic E-state index is 12.2. The Hall–Kier alpha value is -1.71. The molecule has 0 aromatic heterocycles. The molecule has 0 N–H and O–H groups in total. The molecular formula is C17H23NO3. The SMILES string of the molecule is Cc1cccc2c1OC1CN(C(=O)OC(C)(C)C)CCC21. The number of aryl methyl sites for hydroxylation is 1. The number of ether oxygens (including phenoxy) is 2. The zero-order chi connectivity index (χ0) is 15.2. The molecule has 0 radical (unpaired) electrons. The first kappa shape index (κ1) is 14.2. The highest BCUT2D eigenvalue weighted by molar-refractivity contribution is 5.68. The first-order chi connectivity index (χ1) is 9.85. The van der Waals surface area contributed by atoms with Gasteiger partial charge in [-0.25, -0.2) is 4.79 Å². The van der Waals surface area contributed by atoms with Crippen molar-refractivity contribution in [1.29, 1.82) is 0 Å². The number of piperidine rings is 1. The Kier molecular flexibility index (Phi) is 3.34. The summed E-state index contributed by atoms with van der Waals surface area (Å²) >= 11 is 0. The molecule has 0 aliphatic carbocycles. The maximum absolute atomic E-state index is 12.2. The van der Waals surface area contributed by atoms with Crippen molar-refractivity contribution in [2.24, 2.45) is 0 Å². The molecule has 2 aliphatic rings. The summed E-state index contributed by atoms with van der Waals surface area (Å²) in [7, 11) is 0. The summed E-state index contributed by atoms with van der Waals surface area (Å²) in [5.74, 6) is 1.41. The molecule has 1 fully saturated rings. The fourth-order valence-electron chi connectivity index (χ4n) is 3.16. The van der Waals surface area contributed by atoms with Gasteiger partial charge in [0.25, 0.3) is 0 Å². The lowest BCUT2D eigenvalue weighted by atomic mass is 9.88. The van der Waals surface area contributed by atoms with E-state index in [-0.39, 0.29) is 12.2 Å².